The molecule has 25 heavy (non-hydrogen) atoms. The molecule has 0 bridgehead atoms. The predicted molar refractivity (Wildman–Crippen MR) is 101 cm³/mol. The molecule has 1 aliphatic rings. The second-order valence-corrected chi connectivity index (χ2v) is 7.04. The molecule has 1 N–H and O–H groups in total. The third-order valence-electron chi connectivity index (χ3n) is 4.63. The molecule has 0 radical (unpaired) electrons. The summed E-state index contributed by atoms with van der Waals surface area (Å²) >= 11 is 5.86. The first kappa shape index (κ1) is 17.8. The first-order valence-corrected chi connectivity index (χ1v) is 9.37. The topological polar surface area (TPSA) is 38.3 Å². The maximum atomic E-state index is 12.4. The van der Waals surface area contributed by atoms with Gasteiger partial charge in [-0.1, -0.05) is 49.4 Å². The first-order valence-electron chi connectivity index (χ1n) is 8.99. The Morgan fingerprint density at radius 2 is 1.60 bits per heavy atom. The predicted octanol–water partition coefficient (Wildman–Crippen LogP) is 5.37. The van der Waals surface area contributed by atoms with Gasteiger partial charge in [-0.05, 0) is 54.8 Å². The molecule has 0 atom stereocenters. The second-order valence-electron chi connectivity index (χ2n) is 6.60. The lowest BCUT2D eigenvalue weighted by atomic mass is 10.1. The zero-order valence-corrected chi connectivity index (χ0v) is 15.1. The number of hydrogen-bond acceptors (Lipinski definition) is 2. The summed E-state index contributed by atoms with van der Waals surface area (Å²) < 4.78 is 5.72. The van der Waals surface area contributed by atoms with Crippen LogP contribution in [0.15, 0.2) is 48.5 Å². The Bertz CT molecular complexity index is 674. The van der Waals surface area contributed by atoms with Crippen LogP contribution in [0.25, 0.3) is 0 Å². The Balaban J connectivity index is 1.52. The van der Waals surface area contributed by atoms with Crippen molar-refractivity contribution < 1.29 is 9.53 Å². The van der Waals surface area contributed by atoms with Gasteiger partial charge in [-0.2, -0.15) is 0 Å². The van der Waals surface area contributed by atoms with Crippen LogP contribution in [0.1, 0.15) is 54.4 Å². The number of carbonyl (C=O) groups is 1. The summed E-state index contributed by atoms with van der Waals surface area (Å²) in [6, 6.07) is 15.2. The molecule has 132 valence electrons. The molecule has 0 unspecified atom stereocenters. The number of amides is 1. The van der Waals surface area contributed by atoms with E-state index in [1.165, 1.54) is 25.7 Å². The molecule has 0 aromatic heterocycles. The van der Waals surface area contributed by atoms with E-state index in [1.54, 1.807) is 12.1 Å². The lowest BCUT2D eigenvalue weighted by Gasteiger charge is -2.16. The van der Waals surface area contributed by atoms with Gasteiger partial charge in [0.2, 0.25) is 0 Å². The van der Waals surface area contributed by atoms with Crippen molar-refractivity contribution in [2.75, 3.05) is 0 Å². The van der Waals surface area contributed by atoms with Crippen LogP contribution < -0.4 is 10.1 Å². The molecule has 1 amide bonds. The van der Waals surface area contributed by atoms with E-state index in [-0.39, 0.29) is 5.91 Å². The van der Waals surface area contributed by atoms with Crippen molar-refractivity contribution in [1.82, 2.24) is 5.32 Å². The van der Waals surface area contributed by atoms with Crippen molar-refractivity contribution in [3.63, 3.8) is 0 Å². The van der Waals surface area contributed by atoms with Gasteiger partial charge in [0.05, 0.1) is 0 Å². The van der Waals surface area contributed by atoms with Gasteiger partial charge in [-0.25, -0.2) is 0 Å². The van der Waals surface area contributed by atoms with E-state index in [0.717, 1.165) is 24.2 Å². The fraction of sp³-hybridized carbons (Fsp3) is 0.381. The molecule has 1 fully saturated rings. The van der Waals surface area contributed by atoms with Crippen molar-refractivity contribution in [3.05, 3.63) is 64.7 Å². The molecule has 3 rings (SSSR count). The van der Waals surface area contributed by atoms with E-state index in [1.807, 2.05) is 36.4 Å². The van der Waals surface area contributed by atoms with Gasteiger partial charge in [-0.3, -0.25) is 4.79 Å². The van der Waals surface area contributed by atoms with Gasteiger partial charge in [0, 0.05) is 16.6 Å². The van der Waals surface area contributed by atoms with E-state index in [2.05, 4.69) is 5.32 Å². The molecule has 1 saturated carbocycles. The summed E-state index contributed by atoms with van der Waals surface area (Å²) in [7, 11) is 0. The zero-order valence-electron chi connectivity index (χ0n) is 14.3. The van der Waals surface area contributed by atoms with Gasteiger partial charge in [0.1, 0.15) is 12.4 Å². The summed E-state index contributed by atoms with van der Waals surface area (Å²) in [5.41, 5.74) is 1.74. The quantitative estimate of drug-likeness (QED) is 0.730. The molecule has 0 spiro atoms. The Morgan fingerprint density at radius 3 is 2.24 bits per heavy atom. The molecule has 2 aromatic carbocycles. The zero-order chi connectivity index (χ0) is 17.5. The molecule has 0 aliphatic heterocycles. The van der Waals surface area contributed by atoms with E-state index in [0.29, 0.717) is 23.2 Å². The Hall–Kier alpha value is -2.00. The highest BCUT2D eigenvalue weighted by molar-refractivity contribution is 6.30. The third-order valence-corrected chi connectivity index (χ3v) is 4.88. The van der Waals surface area contributed by atoms with Crippen LogP contribution in [0.2, 0.25) is 5.02 Å². The minimum atomic E-state index is 0.0251. The molecular weight excluding hydrogens is 334 g/mol. The molecule has 0 saturated heterocycles. The molecule has 4 heteroatoms. The van der Waals surface area contributed by atoms with E-state index in [4.69, 9.17) is 16.3 Å². The number of rotatable bonds is 5. The highest BCUT2D eigenvalue weighted by atomic mass is 35.5. The molecule has 1 aliphatic carbocycles. The van der Waals surface area contributed by atoms with Crippen LogP contribution in [-0.2, 0) is 6.61 Å². The molecular formula is C21H24ClNO2. The molecule has 2 aromatic rings. The monoisotopic (exact) mass is 357 g/mol. The number of nitrogens with one attached hydrogen (secondary N) is 1. The average molecular weight is 358 g/mol. The van der Waals surface area contributed by atoms with E-state index < -0.39 is 0 Å². The maximum absolute atomic E-state index is 12.4. The Morgan fingerprint density at radius 1 is 0.960 bits per heavy atom. The van der Waals surface area contributed by atoms with Gasteiger partial charge in [0.15, 0.2) is 0 Å². The van der Waals surface area contributed by atoms with Crippen molar-refractivity contribution in [2.24, 2.45) is 0 Å². The minimum absolute atomic E-state index is 0.0251. The first-order chi connectivity index (χ1) is 12.2. The van der Waals surface area contributed by atoms with Crippen molar-refractivity contribution in [3.8, 4) is 5.75 Å². The van der Waals surface area contributed by atoms with E-state index in [9.17, 15) is 4.79 Å². The van der Waals surface area contributed by atoms with Crippen molar-refractivity contribution in [1.29, 1.82) is 0 Å². The van der Waals surface area contributed by atoms with Crippen molar-refractivity contribution in [2.45, 2.75) is 51.2 Å². The van der Waals surface area contributed by atoms with Gasteiger partial charge in [0.25, 0.3) is 5.91 Å². The summed E-state index contributed by atoms with van der Waals surface area (Å²) in [5, 5.41) is 3.87. The summed E-state index contributed by atoms with van der Waals surface area (Å²) in [6.07, 6.45) is 7.19. The number of carbonyl (C=O) groups excluding carboxylic acids is 1. The summed E-state index contributed by atoms with van der Waals surface area (Å²) in [5.74, 6) is 0.802. The van der Waals surface area contributed by atoms with Crippen LogP contribution in [0.5, 0.6) is 5.75 Å². The van der Waals surface area contributed by atoms with Crippen LogP contribution in [0.4, 0.5) is 0 Å². The summed E-state index contributed by atoms with van der Waals surface area (Å²) in [4.78, 5) is 12.4. The SMILES string of the molecule is O=C(NC1CCCCCC1)c1ccc(COc2ccc(Cl)cc2)cc1. The number of hydrogen-bond donors (Lipinski definition) is 1. The number of benzene rings is 2. The largest absolute Gasteiger partial charge is 0.489 e. The highest BCUT2D eigenvalue weighted by Crippen LogP contribution is 2.19. The standard InChI is InChI=1S/C21H24ClNO2/c22-18-11-13-20(14-12-18)25-15-16-7-9-17(10-8-16)21(24)23-19-5-3-1-2-4-6-19/h7-14,19H,1-6,15H2,(H,23,24). The highest BCUT2D eigenvalue weighted by Gasteiger charge is 2.15. The van der Waals surface area contributed by atoms with Gasteiger partial charge >= 0.3 is 0 Å². The minimum Gasteiger partial charge on any atom is -0.489 e. The van der Waals surface area contributed by atoms with Crippen LogP contribution >= 0.6 is 11.6 Å². The molecule has 0 heterocycles. The fourth-order valence-corrected chi connectivity index (χ4v) is 3.27. The average Bonchev–Trinajstić information content (AvgIpc) is 2.90. The van der Waals surface area contributed by atoms with Gasteiger partial charge < -0.3 is 10.1 Å². The molecule has 3 nitrogen and oxygen atoms in total. The van der Waals surface area contributed by atoms with Crippen LogP contribution in [0.3, 0.4) is 0 Å². The fourth-order valence-electron chi connectivity index (χ4n) is 3.14. The van der Waals surface area contributed by atoms with Crippen LogP contribution in [0, 0.1) is 0 Å². The van der Waals surface area contributed by atoms with Crippen LogP contribution in [-0.4, -0.2) is 11.9 Å². The normalized spacial score (nSPS) is 15.4. The number of halogens is 1. The van der Waals surface area contributed by atoms with Crippen molar-refractivity contribution >= 4 is 17.5 Å². The Kier molecular flexibility index (Phi) is 6.35. The maximum Gasteiger partial charge on any atom is 0.251 e. The van der Waals surface area contributed by atoms with Gasteiger partial charge in [-0.15, -0.1) is 0 Å². The lowest BCUT2D eigenvalue weighted by Crippen LogP contribution is -2.34. The second kappa shape index (κ2) is 8.91. The Labute approximate surface area is 154 Å². The van der Waals surface area contributed by atoms with E-state index >= 15 is 0 Å². The lowest BCUT2D eigenvalue weighted by molar-refractivity contribution is 0.0933. The number of ether oxygens (including phenoxy) is 1. The third kappa shape index (κ3) is 5.50. The summed E-state index contributed by atoms with van der Waals surface area (Å²) in [6.45, 7) is 0.464. The smallest absolute Gasteiger partial charge is 0.251 e.